The molecule has 0 unspecified atom stereocenters. The highest BCUT2D eigenvalue weighted by molar-refractivity contribution is 5.96. The molecule has 1 atom stereocenters. The van der Waals surface area contributed by atoms with Crippen molar-refractivity contribution >= 4 is 17.6 Å². The fourth-order valence-corrected chi connectivity index (χ4v) is 3.44. The third-order valence-corrected chi connectivity index (χ3v) is 4.88. The Bertz CT molecular complexity index is 631. The van der Waals surface area contributed by atoms with E-state index in [4.69, 9.17) is 9.47 Å². The Morgan fingerprint density at radius 2 is 2.04 bits per heavy atom. The maximum atomic E-state index is 12.3. The number of quaternary nitrogens is 1. The molecular formula is C19H29N4O4+. The molecule has 3 rings (SSSR count). The first-order valence-electron chi connectivity index (χ1n) is 9.64. The summed E-state index contributed by atoms with van der Waals surface area (Å²) in [5, 5.41) is 5.80. The molecule has 2 heterocycles. The topological polar surface area (TPSA) is 84.3 Å². The van der Waals surface area contributed by atoms with Crippen LogP contribution in [0.5, 0.6) is 5.75 Å². The maximum absolute atomic E-state index is 12.3. The van der Waals surface area contributed by atoms with Gasteiger partial charge in [-0.1, -0.05) is 0 Å². The second-order valence-corrected chi connectivity index (χ2v) is 6.84. The summed E-state index contributed by atoms with van der Waals surface area (Å²) in [6.07, 6.45) is 0.315. The molecule has 0 saturated carbocycles. The molecule has 0 spiro atoms. The van der Waals surface area contributed by atoms with Gasteiger partial charge in [0.1, 0.15) is 18.8 Å². The van der Waals surface area contributed by atoms with Crippen LogP contribution in [0.15, 0.2) is 24.3 Å². The number of urea groups is 1. The molecule has 3 amide bonds. The van der Waals surface area contributed by atoms with Gasteiger partial charge in [-0.05, 0) is 31.2 Å². The van der Waals surface area contributed by atoms with Crippen LogP contribution in [0.2, 0.25) is 0 Å². The smallest absolute Gasteiger partial charge is 0.315 e. The van der Waals surface area contributed by atoms with Gasteiger partial charge in [-0.25, -0.2) is 4.79 Å². The minimum Gasteiger partial charge on any atom is -0.494 e. The lowest BCUT2D eigenvalue weighted by Crippen LogP contribution is -3.14. The summed E-state index contributed by atoms with van der Waals surface area (Å²) >= 11 is 0. The molecule has 8 nitrogen and oxygen atoms in total. The van der Waals surface area contributed by atoms with Gasteiger partial charge >= 0.3 is 6.03 Å². The van der Waals surface area contributed by atoms with Gasteiger partial charge in [0, 0.05) is 18.7 Å². The number of nitrogens with zero attached hydrogens (tertiary/aromatic N) is 1. The van der Waals surface area contributed by atoms with Crippen LogP contribution in [0, 0.1) is 0 Å². The van der Waals surface area contributed by atoms with Crippen molar-refractivity contribution in [2.24, 2.45) is 0 Å². The molecule has 8 heteroatoms. The molecular weight excluding hydrogens is 348 g/mol. The lowest BCUT2D eigenvalue weighted by molar-refractivity contribution is -0.906. The molecule has 148 valence electrons. The van der Waals surface area contributed by atoms with Gasteiger partial charge < -0.3 is 29.9 Å². The number of hydrogen-bond donors (Lipinski definition) is 3. The molecule has 3 N–H and O–H groups in total. The van der Waals surface area contributed by atoms with E-state index in [1.54, 1.807) is 4.90 Å². The van der Waals surface area contributed by atoms with Gasteiger partial charge in [0.25, 0.3) is 0 Å². The van der Waals surface area contributed by atoms with E-state index in [0.717, 1.165) is 44.3 Å². The minimum atomic E-state index is -0.214. The molecule has 0 radical (unpaired) electrons. The van der Waals surface area contributed by atoms with Crippen molar-refractivity contribution in [1.29, 1.82) is 0 Å². The summed E-state index contributed by atoms with van der Waals surface area (Å²) in [4.78, 5) is 27.6. The van der Waals surface area contributed by atoms with E-state index in [-0.39, 0.29) is 18.0 Å². The second-order valence-electron chi connectivity index (χ2n) is 6.84. The molecule has 2 aliphatic rings. The standard InChI is InChI=1S/C19H28N4O4/c1-2-27-17-5-3-16(4-6-17)23-14-15(13-18(23)24)21-19(25)20-7-8-22-9-11-26-12-10-22/h3-6,15H,2,7-14H2,1H3,(H2,20,21,25)/p+1/t15-/m0/s1. The van der Waals surface area contributed by atoms with Crippen LogP contribution in [-0.2, 0) is 9.53 Å². The Labute approximate surface area is 159 Å². The average molecular weight is 377 g/mol. The molecule has 1 aromatic rings. The molecule has 0 aromatic heterocycles. The van der Waals surface area contributed by atoms with E-state index in [9.17, 15) is 9.59 Å². The number of morpholine rings is 1. The molecule has 2 fully saturated rings. The SMILES string of the molecule is CCOc1ccc(N2C[C@@H](NC(=O)NCC[NH+]3CCOCC3)CC2=O)cc1. The van der Waals surface area contributed by atoms with E-state index in [2.05, 4.69) is 10.6 Å². The van der Waals surface area contributed by atoms with Crippen LogP contribution in [-0.4, -0.2) is 70.5 Å². The van der Waals surface area contributed by atoms with Crippen LogP contribution in [0.1, 0.15) is 13.3 Å². The van der Waals surface area contributed by atoms with E-state index < -0.39 is 0 Å². The average Bonchev–Trinajstić information content (AvgIpc) is 3.03. The number of carbonyl (C=O) groups excluding carboxylic acids is 2. The highest BCUT2D eigenvalue weighted by atomic mass is 16.5. The van der Waals surface area contributed by atoms with E-state index >= 15 is 0 Å². The van der Waals surface area contributed by atoms with Crippen molar-refractivity contribution in [3.05, 3.63) is 24.3 Å². The van der Waals surface area contributed by atoms with Crippen LogP contribution in [0.3, 0.4) is 0 Å². The van der Waals surface area contributed by atoms with Crippen LogP contribution in [0.4, 0.5) is 10.5 Å². The van der Waals surface area contributed by atoms with Gasteiger partial charge in [-0.15, -0.1) is 0 Å². The Kier molecular flexibility index (Phi) is 6.89. The van der Waals surface area contributed by atoms with Crippen molar-refractivity contribution < 1.29 is 24.0 Å². The third kappa shape index (κ3) is 5.58. The minimum absolute atomic E-state index is 0.0159. The highest BCUT2D eigenvalue weighted by Crippen LogP contribution is 2.24. The summed E-state index contributed by atoms with van der Waals surface area (Å²) in [6, 6.07) is 7.06. The number of amides is 3. The monoisotopic (exact) mass is 377 g/mol. The maximum Gasteiger partial charge on any atom is 0.315 e. The summed E-state index contributed by atoms with van der Waals surface area (Å²) in [5.41, 5.74) is 0.823. The Morgan fingerprint density at radius 1 is 1.30 bits per heavy atom. The molecule has 2 saturated heterocycles. The van der Waals surface area contributed by atoms with Crippen molar-refractivity contribution in [3.8, 4) is 5.75 Å². The van der Waals surface area contributed by atoms with Gasteiger partial charge in [0.05, 0.1) is 39.0 Å². The van der Waals surface area contributed by atoms with Crippen molar-refractivity contribution in [1.82, 2.24) is 10.6 Å². The van der Waals surface area contributed by atoms with Crippen molar-refractivity contribution in [2.45, 2.75) is 19.4 Å². The molecule has 0 aliphatic carbocycles. The van der Waals surface area contributed by atoms with Gasteiger partial charge in [-0.2, -0.15) is 0 Å². The Hall–Kier alpha value is -2.32. The molecule has 2 aliphatic heterocycles. The zero-order valence-electron chi connectivity index (χ0n) is 15.8. The first-order valence-corrected chi connectivity index (χ1v) is 9.64. The lowest BCUT2D eigenvalue weighted by Gasteiger charge is -2.23. The van der Waals surface area contributed by atoms with Crippen molar-refractivity contribution in [2.75, 3.05) is 57.4 Å². The van der Waals surface area contributed by atoms with Gasteiger partial charge in [0.15, 0.2) is 0 Å². The number of nitrogens with one attached hydrogen (secondary N) is 3. The largest absolute Gasteiger partial charge is 0.494 e. The first-order chi connectivity index (χ1) is 13.2. The van der Waals surface area contributed by atoms with E-state index in [1.165, 1.54) is 4.90 Å². The van der Waals surface area contributed by atoms with Gasteiger partial charge in [-0.3, -0.25) is 4.79 Å². The second kappa shape index (κ2) is 9.57. The first kappa shape index (κ1) is 19.4. The predicted octanol–water partition coefficient (Wildman–Crippen LogP) is -0.595. The summed E-state index contributed by atoms with van der Waals surface area (Å²) in [7, 11) is 0. The number of anilines is 1. The van der Waals surface area contributed by atoms with Crippen LogP contribution in [0.25, 0.3) is 0 Å². The zero-order chi connectivity index (χ0) is 19.1. The molecule has 0 bridgehead atoms. The number of hydrogen-bond acceptors (Lipinski definition) is 4. The number of ether oxygens (including phenoxy) is 2. The Morgan fingerprint density at radius 3 is 2.74 bits per heavy atom. The van der Waals surface area contributed by atoms with Crippen molar-refractivity contribution in [3.63, 3.8) is 0 Å². The summed E-state index contributed by atoms with van der Waals surface area (Å²) in [5.74, 6) is 0.798. The van der Waals surface area contributed by atoms with E-state index in [0.29, 0.717) is 26.1 Å². The predicted molar refractivity (Wildman–Crippen MR) is 101 cm³/mol. The van der Waals surface area contributed by atoms with E-state index in [1.807, 2.05) is 31.2 Å². The number of benzene rings is 1. The molecule has 1 aromatic carbocycles. The van der Waals surface area contributed by atoms with Crippen LogP contribution < -0.4 is 25.2 Å². The third-order valence-electron chi connectivity index (χ3n) is 4.88. The highest BCUT2D eigenvalue weighted by Gasteiger charge is 2.31. The summed E-state index contributed by atoms with van der Waals surface area (Å²) < 4.78 is 10.8. The summed E-state index contributed by atoms with van der Waals surface area (Å²) in [6.45, 7) is 8.06. The number of rotatable bonds is 7. The fourth-order valence-electron chi connectivity index (χ4n) is 3.44. The Balaban J connectivity index is 1.42. The quantitative estimate of drug-likeness (QED) is 0.593. The molecule has 27 heavy (non-hydrogen) atoms. The van der Waals surface area contributed by atoms with Crippen LogP contribution >= 0.6 is 0 Å². The lowest BCUT2D eigenvalue weighted by atomic mass is 10.2. The number of carbonyl (C=O) groups is 2. The van der Waals surface area contributed by atoms with Gasteiger partial charge in [0.2, 0.25) is 5.91 Å². The fraction of sp³-hybridized carbons (Fsp3) is 0.579. The normalized spacial score (nSPS) is 20.6. The zero-order valence-corrected chi connectivity index (χ0v) is 15.8.